The van der Waals surface area contributed by atoms with Gasteiger partial charge in [-0.2, -0.15) is 0 Å². The first-order valence-electron chi connectivity index (χ1n) is 4.99. The quantitative estimate of drug-likeness (QED) is 0.569. The summed E-state index contributed by atoms with van der Waals surface area (Å²) in [7, 11) is 0. The second-order valence-corrected chi connectivity index (χ2v) is 3.48. The molecule has 0 unspecified atom stereocenters. The van der Waals surface area contributed by atoms with Gasteiger partial charge in [0, 0.05) is 0 Å². The highest BCUT2D eigenvalue weighted by molar-refractivity contribution is 6.73. The molecule has 0 fully saturated rings. The highest BCUT2D eigenvalue weighted by Crippen LogP contribution is 2.18. The van der Waals surface area contributed by atoms with Crippen LogP contribution in [0.3, 0.4) is 0 Å². The van der Waals surface area contributed by atoms with E-state index in [0.29, 0.717) is 17.9 Å². The minimum absolute atomic E-state index is 0.369. The predicted octanol–water partition coefficient (Wildman–Crippen LogP) is 3.00. The largest absolute Gasteiger partial charge is 0.509 e. The van der Waals surface area contributed by atoms with Crippen LogP contribution in [0.5, 0.6) is 5.75 Å². The average molecular weight is 229 g/mol. The van der Waals surface area contributed by atoms with Crippen LogP contribution in [0.2, 0.25) is 0 Å². The fourth-order valence-corrected chi connectivity index (χ4v) is 1.27. The van der Waals surface area contributed by atoms with Gasteiger partial charge in [0.1, 0.15) is 12.4 Å². The van der Waals surface area contributed by atoms with E-state index in [-0.39, 0.29) is 0 Å². The Balaban J connectivity index is 2.83. The van der Waals surface area contributed by atoms with Crippen LogP contribution in [0, 0.1) is 6.92 Å². The number of allylic oxidation sites excluding steroid dienone is 1. The standard InChI is InChI=1S/C11H13BF3O/c1-3-4-7-16-11-6-5-10(8-9(11)2)12(13,14)15/h3-6,8H,7H2,1-2H3/q-1. The van der Waals surface area contributed by atoms with Crippen LogP contribution in [0.1, 0.15) is 12.5 Å². The Kier molecular flexibility index (Phi) is 4.04. The molecule has 16 heavy (non-hydrogen) atoms. The molecule has 0 radical (unpaired) electrons. The normalized spacial score (nSPS) is 12.1. The van der Waals surface area contributed by atoms with Crippen LogP contribution in [-0.4, -0.2) is 13.6 Å². The van der Waals surface area contributed by atoms with Crippen LogP contribution < -0.4 is 10.2 Å². The van der Waals surface area contributed by atoms with Crippen molar-refractivity contribution in [3.05, 3.63) is 35.9 Å². The smallest absolute Gasteiger partial charge is 0.489 e. The van der Waals surface area contributed by atoms with E-state index in [1.807, 2.05) is 13.0 Å². The topological polar surface area (TPSA) is 9.23 Å². The van der Waals surface area contributed by atoms with Crippen molar-refractivity contribution in [1.82, 2.24) is 0 Å². The summed E-state index contributed by atoms with van der Waals surface area (Å²) in [5, 5.41) is 0. The van der Waals surface area contributed by atoms with Crippen molar-refractivity contribution in [3.63, 3.8) is 0 Å². The molecule has 88 valence electrons. The molecule has 1 nitrogen and oxygen atoms in total. The van der Waals surface area contributed by atoms with Crippen molar-refractivity contribution in [2.45, 2.75) is 13.8 Å². The van der Waals surface area contributed by atoms with Crippen molar-refractivity contribution >= 4 is 12.4 Å². The van der Waals surface area contributed by atoms with E-state index in [4.69, 9.17) is 4.74 Å². The van der Waals surface area contributed by atoms with E-state index in [9.17, 15) is 12.9 Å². The molecule has 0 saturated heterocycles. The number of aryl methyl sites for hydroxylation is 1. The van der Waals surface area contributed by atoms with Gasteiger partial charge in [0.15, 0.2) is 0 Å². The summed E-state index contributed by atoms with van der Waals surface area (Å²) in [6.07, 6.45) is 3.61. The van der Waals surface area contributed by atoms with Crippen molar-refractivity contribution < 1.29 is 17.7 Å². The molecular formula is C11H13BF3O-. The second-order valence-electron chi connectivity index (χ2n) is 3.48. The predicted molar refractivity (Wildman–Crippen MR) is 60.2 cm³/mol. The van der Waals surface area contributed by atoms with Gasteiger partial charge in [-0.3, -0.25) is 0 Å². The lowest BCUT2D eigenvalue weighted by Crippen LogP contribution is -2.34. The van der Waals surface area contributed by atoms with E-state index in [2.05, 4.69) is 0 Å². The molecule has 0 aromatic heterocycles. The first-order chi connectivity index (χ1) is 7.45. The van der Waals surface area contributed by atoms with Crippen LogP contribution in [0.15, 0.2) is 30.4 Å². The summed E-state index contributed by atoms with van der Waals surface area (Å²) in [6.45, 7) is -1.10. The highest BCUT2D eigenvalue weighted by atomic mass is 19.4. The Morgan fingerprint density at radius 1 is 1.31 bits per heavy atom. The fourth-order valence-electron chi connectivity index (χ4n) is 1.27. The lowest BCUT2D eigenvalue weighted by Gasteiger charge is -2.16. The van der Waals surface area contributed by atoms with Gasteiger partial charge in [-0.1, -0.05) is 24.3 Å². The zero-order valence-electron chi connectivity index (χ0n) is 9.21. The summed E-state index contributed by atoms with van der Waals surface area (Å²) in [6, 6.07) is 3.53. The number of benzene rings is 1. The maximum atomic E-state index is 12.4. The Morgan fingerprint density at radius 3 is 2.50 bits per heavy atom. The molecule has 0 bridgehead atoms. The second kappa shape index (κ2) is 5.10. The molecule has 0 aliphatic rings. The number of halogens is 3. The number of hydrogen-bond donors (Lipinski definition) is 0. The summed E-state index contributed by atoms with van der Waals surface area (Å²) < 4.78 is 42.5. The monoisotopic (exact) mass is 229 g/mol. The van der Waals surface area contributed by atoms with Crippen molar-refractivity contribution in [3.8, 4) is 5.75 Å². The molecule has 0 saturated carbocycles. The number of rotatable bonds is 4. The summed E-state index contributed by atoms with van der Waals surface area (Å²) in [4.78, 5) is 0. The van der Waals surface area contributed by atoms with Crippen LogP contribution in [-0.2, 0) is 0 Å². The van der Waals surface area contributed by atoms with Gasteiger partial charge >= 0.3 is 6.98 Å². The zero-order valence-corrected chi connectivity index (χ0v) is 9.21. The van der Waals surface area contributed by atoms with Gasteiger partial charge in [-0.15, -0.1) is 5.46 Å². The van der Waals surface area contributed by atoms with Gasteiger partial charge < -0.3 is 17.7 Å². The van der Waals surface area contributed by atoms with Gasteiger partial charge in [-0.05, 0) is 25.5 Å². The number of hydrogen-bond acceptors (Lipinski definition) is 1. The third-order valence-electron chi connectivity index (χ3n) is 2.15. The van der Waals surface area contributed by atoms with Crippen molar-refractivity contribution in [2.75, 3.05) is 6.61 Å². The Bertz CT molecular complexity index is 385. The Hall–Kier alpha value is -1.39. The SMILES string of the molecule is CC=CCOc1ccc([B-](F)(F)F)cc1C. The first kappa shape index (κ1) is 12.7. The molecule has 0 aliphatic heterocycles. The molecule has 1 aromatic carbocycles. The van der Waals surface area contributed by atoms with E-state index in [0.717, 1.165) is 12.1 Å². The van der Waals surface area contributed by atoms with Crippen LogP contribution >= 0.6 is 0 Å². The van der Waals surface area contributed by atoms with Gasteiger partial charge in [0.05, 0.1) is 0 Å². The molecule has 0 aliphatic carbocycles. The lowest BCUT2D eigenvalue weighted by molar-refractivity contribution is 0.360. The molecule has 1 aromatic rings. The highest BCUT2D eigenvalue weighted by Gasteiger charge is 2.25. The molecule has 5 heteroatoms. The third-order valence-corrected chi connectivity index (χ3v) is 2.15. The third kappa shape index (κ3) is 3.33. The molecule has 0 amide bonds. The van der Waals surface area contributed by atoms with E-state index >= 15 is 0 Å². The molecular weight excluding hydrogens is 216 g/mol. The molecule has 1 rings (SSSR count). The summed E-state index contributed by atoms with van der Waals surface area (Å²) in [5.41, 5.74) is -0.0860. The Labute approximate surface area is 93.0 Å². The van der Waals surface area contributed by atoms with Crippen molar-refractivity contribution in [2.24, 2.45) is 0 Å². The number of ether oxygens (including phenoxy) is 1. The van der Waals surface area contributed by atoms with Crippen LogP contribution in [0.25, 0.3) is 0 Å². The minimum atomic E-state index is -4.93. The maximum Gasteiger partial charge on any atom is 0.509 e. The fraction of sp³-hybridized carbons (Fsp3) is 0.273. The summed E-state index contributed by atoms with van der Waals surface area (Å²) >= 11 is 0. The summed E-state index contributed by atoms with van der Waals surface area (Å²) in [5.74, 6) is 0.488. The van der Waals surface area contributed by atoms with E-state index < -0.39 is 12.4 Å². The van der Waals surface area contributed by atoms with Gasteiger partial charge in [0.25, 0.3) is 0 Å². The Morgan fingerprint density at radius 2 is 2.00 bits per heavy atom. The zero-order chi connectivity index (χ0) is 12.2. The van der Waals surface area contributed by atoms with Crippen molar-refractivity contribution in [1.29, 1.82) is 0 Å². The maximum absolute atomic E-state index is 12.4. The first-order valence-corrected chi connectivity index (χ1v) is 4.99. The molecule has 0 spiro atoms. The average Bonchev–Trinajstić information content (AvgIpc) is 2.19. The van der Waals surface area contributed by atoms with Crippen LogP contribution in [0.4, 0.5) is 12.9 Å². The minimum Gasteiger partial charge on any atom is -0.489 e. The molecule has 0 atom stereocenters. The van der Waals surface area contributed by atoms with Gasteiger partial charge in [0.2, 0.25) is 0 Å². The van der Waals surface area contributed by atoms with Gasteiger partial charge in [-0.25, -0.2) is 0 Å². The molecule has 0 N–H and O–H groups in total. The van der Waals surface area contributed by atoms with E-state index in [1.54, 1.807) is 13.0 Å². The lowest BCUT2D eigenvalue weighted by atomic mass is 9.79. The molecule has 0 heterocycles. The van der Waals surface area contributed by atoms with E-state index in [1.165, 1.54) is 6.07 Å².